The second-order valence-corrected chi connectivity index (χ2v) is 5.37. The summed E-state index contributed by atoms with van der Waals surface area (Å²) in [5, 5.41) is 11.5. The molecule has 8 heteroatoms. The topological polar surface area (TPSA) is 99.1 Å². The predicted octanol–water partition coefficient (Wildman–Crippen LogP) is 0.455. The molecule has 0 radical (unpaired) electrons. The molecule has 0 aromatic heterocycles. The highest BCUT2D eigenvalue weighted by molar-refractivity contribution is 7.99. The van der Waals surface area contributed by atoms with E-state index in [9.17, 15) is 19.6 Å². The third-order valence-corrected chi connectivity index (χ3v) is 4.46. The van der Waals surface area contributed by atoms with Gasteiger partial charge in [0.15, 0.2) is 0 Å². The molecule has 1 amide bonds. The zero-order chi connectivity index (χ0) is 13.6. The molecule has 0 aromatic rings. The lowest BCUT2D eigenvalue weighted by Crippen LogP contribution is -2.57. The number of piperidine rings is 1. The van der Waals surface area contributed by atoms with E-state index >= 15 is 0 Å². The average Bonchev–Trinajstić information content (AvgIpc) is 2.36. The Morgan fingerprint density at radius 3 is 2.61 bits per heavy atom. The Labute approximate surface area is 109 Å². The summed E-state index contributed by atoms with van der Waals surface area (Å²) in [5.41, 5.74) is 0. The van der Waals surface area contributed by atoms with Crippen LogP contribution in [0.4, 0.5) is 0 Å². The highest BCUT2D eigenvalue weighted by atomic mass is 32.2. The number of hydrogen-bond acceptors (Lipinski definition) is 6. The maximum absolute atomic E-state index is 11.2. The maximum atomic E-state index is 11.2. The number of nitroso groups, excluding NO2 is 1. The lowest BCUT2D eigenvalue weighted by atomic mass is 9.88. The number of nitrogens with zero attached hydrogens (tertiary/aromatic N) is 2. The number of carboxylic acid groups (broad SMARTS) is 1. The van der Waals surface area contributed by atoms with Crippen molar-refractivity contribution >= 4 is 24.3 Å². The SMILES string of the molecule is CCN1CCC(SN=O)(C(NC=O)C(=O)O)CC1. The van der Waals surface area contributed by atoms with Crippen molar-refractivity contribution in [3.8, 4) is 0 Å². The molecule has 1 fully saturated rings. The van der Waals surface area contributed by atoms with Crippen molar-refractivity contribution < 1.29 is 14.7 Å². The van der Waals surface area contributed by atoms with Crippen LogP contribution in [0.3, 0.4) is 0 Å². The van der Waals surface area contributed by atoms with Crippen LogP contribution in [0.2, 0.25) is 0 Å². The van der Waals surface area contributed by atoms with Crippen LogP contribution in [0.15, 0.2) is 4.58 Å². The van der Waals surface area contributed by atoms with Crippen LogP contribution in [0.25, 0.3) is 0 Å². The van der Waals surface area contributed by atoms with Gasteiger partial charge in [-0.1, -0.05) is 6.92 Å². The molecule has 1 atom stereocenters. The third-order valence-electron chi connectivity index (χ3n) is 3.38. The van der Waals surface area contributed by atoms with Crippen molar-refractivity contribution in [3.05, 3.63) is 4.91 Å². The normalized spacial score (nSPS) is 20.9. The second-order valence-electron chi connectivity index (χ2n) is 4.22. The quantitative estimate of drug-likeness (QED) is 0.398. The summed E-state index contributed by atoms with van der Waals surface area (Å²) in [6.07, 6.45) is 1.38. The molecule has 2 N–H and O–H groups in total. The van der Waals surface area contributed by atoms with Crippen LogP contribution in [-0.4, -0.2) is 52.8 Å². The molecule has 1 saturated heterocycles. The Bertz CT molecular complexity index is 318. The molecular formula is C10H17N3O4S. The summed E-state index contributed by atoms with van der Waals surface area (Å²) >= 11 is 0.729. The third kappa shape index (κ3) is 3.20. The molecule has 1 rings (SSSR count). The van der Waals surface area contributed by atoms with Crippen LogP contribution in [-0.2, 0) is 9.59 Å². The molecule has 1 unspecified atom stereocenters. The van der Waals surface area contributed by atoms with Gasteiger partial charge in [0.05, 0.1) is 4.75 Å². The summed E-state index contributed by atoms with van der Waals surface area (Å²) in [6, 6.07) is -1.09. The van der Waals surface area contributed by atoms with Gasteiger partial charge in [-0.2, -0.15) is 0 Å². The first kappa shape index (κ1) is 14.9. The smallest absolute Gasteiger partial charge is 0.327 e. The van der Waals surface area contributed by atoms with Crippen LogP contribution in [0, 0.1) is 4.91 Å². The van der Waals surface area contributed by atoms with E-state index in [2.05, 4.69) is 14.8 Å². The van der Waals surface area contributed by atoms with Gasteiger partial charge in [-0.05, 0) is 32.5 Å². The number of likely N-dealkylation sites (tertiary alicyclic amines) is 1. The minimum absolute atomic E-state index is 0.359. The first-order chi connectivity index (χ1) is 8.59. The van der Waals surface area contributed by atoms with E-state index in [-0.39, 0.29) is 0 Å². The molecule has 18 heavy (non-hydrogen) atoms. The zero-order valence-electron chi connectivity index (χ0n) is 10.2. The van der Waals surface area contributed by atoms with Gasteiger partial charge >= 0.3 is 5.97 Å². The zero-order valence-corrected chi connectivity index (χ0v) is 11.0. The van der Waals surface area contributed by atoms with E-state index in [0.29, 0.717) is 32.3 Å². The Kier molecular flexibility index (Phi) is 5.54. The minimum atomic E-state index is -1.14. The van der Waals surface area contributed by atoms with E-state index < -0.39 is 16.8 Å². The Morgan fingerprint density at radius 1 is 1.61 bits per heavy atom. The summed E-state index contributed by atoms with van der Waals surface area (Å²) in [7, 11) is 0. The average molecular weight is 275 g/mol. The van der Waals surface area contributed by atoms with Crippen LogP contribution in [0.1, 0.15) is 19.8 Å². The molecule has 7 nitrogen and oxygen atoms in total. The first-order valence-electron chi connectivity index (χ1n) is 5.75. The first-order valence-corrected chi connectivity index (χ1v) is 6.52. The molecule has 102 valence electrons. The van der Waals surface area contributed by atoms with Crippen molar-refractivity contribution in [2.75, 3.05) is 19.6 Å². The molecular weight excluding hydrogens is 258 g/mol. The molecule has 1 aliphatic heterocycles. The monoisotopic (exact) mass is 275 g/mol. The fourth-order valence-corrected chi connectivity index (χ4v) is 3.06. The molecule has 0 aromatic carbocycles. The number of nitrogens with one attached hydrogen (secondary N) is 1. The largest absolute Gasteiger partial charge is 0.480 e. The lowest BCUT2D eigenvalue weighted by molar-refractivity contribution is -0.142. The fourth-order valence-electron chi connectivity index (χ4n) is 2.27. The lowest BCUT2D eigenvalue weighted by Gasteiger charge is -2.41. The van der Waals surface area contributed by atoms with Crippen LogP contribution >= 0.6 is 11.9 Å². The van der Waals surface area contributed by atoms with Gasteiger partial charge in [0.2, 0.25) is 6.41 Å². The molecule has 1 aliphatic rings. The van der Waals surface area contributed by atoms with E-state index in [1.165, 1.54) is 0 Å². The maximum Gasteiger partial charge on any atom is 0.327 e. The number of carbonyl (C=O) groups is 2. The molecule has 1 heterocycles. The molecule has 0 spiro atoms. The highest BCUT2D eigenvalue weighted by Crippen LogP contribution is 2.39. The number of carbonyl (C=O) groups excluding carboxylic acids is 1. The number of rotatable bonds is 7. The van der Waals surface area contributed by atoms with Gasteiger partial charge in [0, 0.05) is 16.5 Å². The number of amides is 1. The van der Waals surface area contributed by atoms with E-state index in [1.54, 1.807) is 0 Å². The number of hydrogen-bond donors (Lipinski definition) is 2. The van der Waals surface area contributed by atoms with E-state index in [4.69, 9.17) is 0 Å². The number of aliphatic carboxylic acids is 1. The van der Waals surface area contributed by atoms with Gasteiger partial charge in [-0.15, -0.1) is 4.91 Å². The summed E-state index contributed by atoms with van der Waals surface area (Å²) in [4.78, 5) is 34.5. The van der Waals surface area contributed by atoms with E-state index in [1.807, 2.05) is 6.92 Å². The van der Waals surface area contributed by atoms with Crippen LogP contribution in [0.5, 0.6) is 0 Å². The Hall–Kier alpha value is -1.15. The summed E-state index contributed by atoms with van der Waals surface area (Å²) in [5.74, 6) is -1.14. The summed E-state index contributed by atoms with van der Waals surface area (Å²) in [6.45, 7) is 4.30. The van der Waals surface area contributed by atoms with Gasteiger partial charge in [-0.25, -0.2) is 4.79 Å². The Morgan fingerprint density at radius 2 is 2.22 bits per heavy atom. The standard InChI is InChI=1S/C10H17N3O4S/c1-2-13-5-3-10(4-6-13,18-12-17)8(9(15)16)11-7-14/h7-8H,2-6H2,1H3,(H,11,14)(H,15,16). The van der Waals surface area contributed by atoms with Gasteiger partial charge in [-0.3, -0.25) is 4.79 Å². The predicted molar refractivity (Wildman–Crippen MR) is 68.1 cm³/mol. The van der Waals surface area contributed by atoms with Gasteiger partial charge < -0.3 is 15.3 Å². The van der Waals surface area contributed by atoms with Crippen molar-refractivity contribution in [3.63, 3.8) is 0 Å². The summed E-state index contributed by atoms with van der Waals surface area (Å²) < 4.78 is 1.95. The minimum Gasteiger partial charge on any atom is -0.480 e. The molecule has 0 saturated carbocycles. The van der Waals surface area contributed by atoms with Gasteiger partial charge in [0.1, 0.15) is 6.04 Å². The number of carboxylic acids is 1. The highest BCUT2D eigenvalue weighted by Gasteiger charge is 2.47. The molecule has 0 aliphatic carbocycles. The van der Waals surface area contributed by atoms with Crippen molar-refractivity contribution in [1.82, 2.24) is 10.2 Å². The Balaban J connectivity index is 2.88. The van der Waals surface area contributed by atoms with Crippen molar-refractivity contribution in [2.45, 2.75) is 30.6 Å². The van der Waals surface area contributed by atoms with Crippen molar-refractivity contribution in [2.24, 2.45) is 4.58 Å². The fraction of sp³-hybridized carbons (Fsp3) is 0.800. The van der Waals surface area contributed by atoms with Crippen molar-refractivity contribution in [1.29, 1.82) is 0 Å². The second kappa shape index (κ2) is 6.69. The van der Waals surface area contributed by atoms with E-state index in [0.717, 1.165) is 18.5 Å². The van der Waals surface area contributed by atoms with Crippen LogP contribution < -0.4 is 5.32 Å². The van der Waals surface area contributed by atoms with Gasteiger partial charge in [0.25, 0.3) is 0 Å². The molecule has 0 bridgehead atoms.